The molecule has 0 saturated carbocycles. The number of rotatable bonds is 12. The molecule has 0 aliphatic carbocycles. The Balaban J connectivity index is 1.99. The first-order valence-electron chi connectivity index (χ1n) is 10.3. The molecule has 0 aliphatic rings. The van der Waals surface area contributed by atoms with Crippen molar-refractivity contribution in [3.63, 3.8) is 0 Å². The third-order valence-electron chi connectivity index (χ3n) is 5.11. The largest absolute Gasteiger partial charge is 0.368 e. The van der Waals surface area contributed by atoms with Gasteiger partial charge in [0, 0.05) is 24.7 Å². The lowest BCUT2D eigenvalue weighted by Crippen LogP contribution is -2.54. The molecule has 0 fully saturated rings. The number of benzene rings is 1. The summed E-state index contributed by atoms with van der Waals surface area (Å²) >= 11 is 0. The maximum Gasteiger partial charge on any atom is 0.243 e. The van der Waals surface area contributed by atoms with E-state index in [4.69, 9.17) is 5.73 Å². The quantitative estimate of drug-likeness (QED) is 0.420. The fourth-order valence-corrected chi connectivity index (χ4v) is 3.08. The molecule has 2 aromatic rings. The smallest absolute Gasteiger partial charge is 0.243 e. The Morgan fingerprint density at radius 2 is 1.87 bits per heavy atom. The van der Waals surface area contributed by atoms with Crippen molar-refractivity contribution in [2.24, 2.45) is 11.7 Å². The van der Waals surface area contributed by atoms with E-state index in [-0.39, 0.29) is 24.7 Å². The van der Waals surface area contributed by atoms with Crippen LogP contribution >= 0.6 is 0 Å². The van der Waals surface area contributed by atoms with E-state index in [1.165, 1.54) is 6.33 Å². The Morgan fingerprint density at radius 3 is 2.47 bits per heavy atom. The number of aromatic nitrogens is 2. The summed E-state index contributed by atoms with van der Waals surface area (Å²) in [6, 6.07) is 8.08. The van der Waals surface area contributed by atoms with Crippen LogP contribution < -0.4 is 16.4 Å². The fraction of sp³-hybridized carbons (Fsp3) is 0.455. The molecule has 5 N–H and O–H groups in total. The number of hydrogen-bond donors (Lipinski definition) is 4. The lowest BCUT2D eigenvalue weighted by molar-refractivity contribution is -0.131. The molecule has 30 heavy (non-hydrogen) atoms. The van der Waals surface area contributed by atoms with Crippen molar-refractivity contribution < 1.29 is 14.4 Å². The normalized spacial score (nSPS) is 13.8. The number of aryl methyl sites for hydroxylation is 1. The number of H-pyrrole nitrogens is 1. The number of aromatic amines is 1. The molecule has 1 aromatic heterocycles. The van der Waals surface area contributed by atoms with Crippen LogP contribution in [0.3, 0.4) is 0 Å². The van der Waals surface area contributed by atoms with E-state index in [1.807, 2.05) is 44.2 Å². The van der Waals surface area contributed by atoms with Gasteiger partial charge in [0.25, 0.3) is 0 Å². The summed E-state index contributed by atoms with van der Waals surface area (Å²) in [6.07, 6.45) is 5.50. The van der Waals surface area contributed by atoms with Crippen LogP contribution in [0.4, 0.5) is 0 Å². The summed E-state index contributed by atoms with van der Waals surface area (Å²) in [4.78, 5) is 44.0. The minimum atomic E-state index is -0.890. The minimum Gasteiger partial charge on any atom is -0.368 e. The molecule has 1 unspecified atom stereocenters. The molecule has 0 radical (unpaired) electrons. The number of hydrogen-bond acceptors (Lipinski definition) is 4. The van der Waals surface area contributed by atoms with Crippen molar-refractivity contribution in [1.29, 1.82) is 0 Å². The van der Waals surface area contributed by atoms with Crippen molar-refractivity contribution in [1.82, 2.24) is 20.6 Å². The SMILES string of the molecule is CCC(C)C[C@H](NC(=O)CCc1ccccc1)C(=O)N[C@@H](Cc1cnc[nH]1)C(N)=O. The van der Waals surface area contributed by atoms with E-state index < -0.39 is 23.9 Å². The van der Waals surface area contributed by atoms with Gasteiger partial charge in [-0.05, 0) is 24.3 Å². The Bertz CT molecular complexity index is 807. The van der Waals surface area contributed by atoms with Crippen LogP contribution in [0, 0.1) is 5.92 Å². The zero-order valence-electron chi connectivity index (χ0n) is 17.6. The van der Waals surface area contributed by atoms with Crippen LogP contribution in [0.1, 0.15) is 44.4 Å². The summed E-state index contributed by atoms with van der Waals surface area (Å²) in [5.41, 5.74) is 7.21. The van der Waals surface area contributed by atoms with Gasteiger partial charge in [-0.3, -0.25) is 14.4 Å². The van der Waals surface area contributed by atoms with Crippen LogP contribution in [0.2, 0.25) is 0 Å². The number of carbonyl (C=O) groups excluding carboxylic acids is 3. The average Bonchev–Trinajstić information content (AvgIpc) is 3.25. The fourth-order valence-electron chi connectivity index (χ4n) is 3.08. The Hall–Kier alpha value is -3.16. The summed E-state index contributed by atoms with van der Waals surface area (Å²) < 4.78 is 0. The molecule has 0 aliphatic heterocycles. The molecular weight excluding hydrogens is 382 g/mol. The van der Waals surface area contributed by atoms with Crippen molar-refractivity contribution in [3.8, 4) is 0 Å². The van der Waals surface area contributed by atoms with E-state index in [0.717, 1.165) is 12.0 Å². The van der Waals surface area contributed by atoms with E-state index in [2.05, 4.69) is 20.6 Å². The van der Waals surface area contributed by atoms with Crippen LogP contribution in [0.15, 0.2) is 42.9 Å². The van der Waals surface area contributed by atoms with Gasteiger partial charge in [0.05, 0.1) is 6.33 Å². The molecule has 1 heterocycles. The van der Waals surface area contributed by atoms with Crippen molar-refractivity contribution in [3.05, 3.63) is 54.1 Å². The van der Waals surface area contributed by atoms with E-state index in [1.54, 1.807) is 6.20 Å². The molecule has 0 spiro atoms. The number of nitrogens with one attached hydrogen (secondary N) is 3. The van der Waals surface area contributed by atoms with Gasteiger partial charge in [0.15, 0.2) is 0 Å². The monoisotopic (exact) mass is 413 g/mol. The van der Waals surface area contributed by atoms with Crippen LogP contribution in [0.5, 0.6) is 0 Å². The maximum atomic E-state index is 12.9. The molecule has 3 amide bonds. The first-order valence-corrected chi connectivity index (χ1v) is 10.3. The molecule has 1 aromatic carbocycles. The lowest BCUT2D eigenvalue weighted by atomic mass is 9.98. The summed E-state index contributed by atoms with van der Waals surface area (Å²) in [5, 5.41) is 5.52. The second-order valence-electron chi connectivity index (χ2n) is 7.60. The van der Waals surface area contributed by atoms with Crippen LogP contribution in [-0.4, -0.2) is 39.8 Å². The number of nitrogens with zero attached hydrogens (tertiary/aromatic N) is 1. The third-order valence-corrected chi connectivity index (χ3v) is 5.11. The van der Waals surface area contributed by atoms with Gasteiger partial charge in [-0.15, -0.1) is 0 Å². The zero-order chi connectivity index (χ0) is 21.9. The highest BCUT2D eigenvalue weighted by Crippen LogP contribution is 2.12. The zero-order valence-corrected chi connectivity index (χ0v) is 17.6. The number of carbonyl (C=O) groups is 3. The van der Waals surface area contributed by atoms with Gasteiger partial charge < -0.3 is 21.4 Å². The molecule has 162 valence electrons. The summed E-state index contributed by atoms with van der Waals surface area (Å²) in [5.74, 6) is -1.02. The first-order chi connectivity index (χ1) is 14.4. The van der Waals surface area contributed by atoms with Gasteiger partial charge >= 0.3 is 0 Å². The number of amides is 3. The van der Waals surface area contributed by atoms with Gasteiger partial charge in [-0.1, -0.05) is 50.6 Å². The third kappa shape index (κ3) is 7.69. The van der Waals surface area contributed by atoms with Gasteiger partial charge in [-0.25, -0.2) is 4.98 Å². The highest BCUT2D eigenvalue weighted by molar-refractivity contribution is 5.91. The molecular formula is C22H31N5O3. The minimum absolute atomic E-state index is 0.202. The number of nitrogens with two attached hydrogens (primary N) is 1. The number of imidazole rings is 1. The van der Waals surface area contributed by atoms with Gasteiger partial charge in [0.2, 0.25) is 17.7 Å². The molecule has 8 heteroatoms. The van der Waals surface area contributed by atoms with Crippen molar-refractivity contribution >= 4 is 17.7 Å². The Labute approximate surface area is 177 Å². The van der Waals surface area contributed by atoms with Crippen LogP contribution in [-0.2, 0) is 27.2 Å². The van der Waals surface area contributed by atoms with Gasteiger partial charge in [0.1, 0.15) is 12.1 Å². The average molecular weight is 414 g/mol. The van der Waals surface area contributed by atoms with E-state index >= 15 is 0 Å². The molecule has 0 saturated heterocycles. The van der Waals surface area contributed by atoms with Crippen molar-refractivity contribution in [2.45, 2.75) is 58.0 Å². The molecule has 3 atom stereocenters. The number of primary amides is 1. The predicted molar refractivity (Wildman–Crippen MR) is 114 cm³/mol. The Morgan fingerprint density at radius 1 is 1.13 bits per heavy atom. The Kier molecular flexibility index (Phi) is 9.05. The topological polar surface area (TPSA) is 130 Å². The van der Waals surface area contributed by atoms with E-state index in [0.29, 0.717) is 18.5 Å². The maximum absolute atomic E-state index is 12.9. The molecule has 8 nitrogen and oxygen atoms in total. The van der Waals surface area contributed by atoms with E-state index in [9.17, 15) is 14.4 Å². The van der Waals surface area contributed by atoms with Crippen molar-refractivity contribution in [2.75, 3.05) is 0 Å². The molecule has 0 bridgehead atoms. The lowest BCUT2D eigenvalue weighted by Gasteiger charge is -2.24. The summed E-state index contributed by atoms with van der Waals surface area (Å²) in [6.45, 7) is 4.05. The highest BCUT2D eigenvalue weighted by Gasteiger charge is 2.27. The van der Waals surface area contributed by atoms with Crippen LogP contribution in [0.25, 0.3) is 0 Å². The second kappa shape index (κ2) is 11.7. The summed E-state index contributed by atoms with van der Waals surface area (Å²) in [7, 11) is 0. The standard InChI is InChI=1S/C22H31N5O3/c1-3-15(2)11-19(26-20(28)10-9-16-7-5-4-6-8-16)22(30)27-18(21(23)29)12-17-13-24-14-25-17/h4-8,13-15,18-19H,3,9-12H2,1-2H3,(H2,23,29)(H,24,25)(H,26,28)(H,27,30)/t15?,18-,19-/m0/s1. The molecule has 2 rings (SSSR count). The first kappa shape index (κ1) is 23.1. The van der Waals surface area contributed by atoms with Gasteiger partial charge in [-0.2, -0.15) is 0 Å². The second-order valence-corrected chi connectivity index (χ2v) is 7.60. The predicted octanol–water partition coefficient (Wildman–Crippen LogP) is 1.48. The highest BCUT2D eigenvalue weighted by atomic mass is 16.2.